The van der Waals surface area contributed by atoms with Gasteiger partial charge in [-0.3, -0.25) is 4.79 Å². The van der Waals surface area contributed by atoms with Crippen molar-refractivity contribution in [1.29, 1.82) is 0 Å². The Labute approximate surface area is 119 Å². The van der Waals surface area contributed by atoms with Gasteiger partial charge in [0.1, 0.15) is 0 Å². The summed E-state index contributed by atoms with van der Waals surface area (Å²) < 4.78 is 0. The molecule has 0 saturated heterocycles. The van der Waals surface area contributed by atoms with Crippen LogP contribution in [0, 0.1) is 5.92 Å². The molecule has 0 aromatic heterocycles. The highest BCUT2D eigenvalue weighted by Crippen LogP contribution is 2.28. The summed E-state index contributed by atoms with van der Waals surface area (Å²) in [5, 5.41) is 6.71. The third-order valence-corrected chi connectivity index (χ3v) is 4.20. The van der Waals surface area contributed by atoms with Crippen LogP contribution in [0.1, 0.15) is 43.0 Å². The van der Waals surface area contributed by atoms with E-state index < -0.39 is 0 Å². The monoisotopic (exact) mass is 280 g/mol. The van der Waals surface area contributed by atoms with Gasteiger partial charge in [-0.05, 0) is 43.9 Å². The molecule has 1 amide bonds. The molecule has 104 valence electrons. The number of carbonyl (C=O) groups is 1. The fourth-order valence-electron chi connectivity index (χ4n) is 2.78. The van der Waals surface area contributed by atoms with Gasteiger partial charge in [0, 0.05) is 23.8 Å². The Balaban J connectivity index is 2.08. The number of amides is 1. The molecule has 3 nitrogen and oxygen atoms in total. The van der Waals surface area contributed by atoms with Crippen molar-refractivity contribution in [1.82, 2.24) is 5.32 Å². The molecule has 1 fully saturated rings. The van der Waals surface area contributed by atoms with E-state index in [-0.39, 0.29) is 11.9 Å². The van der Waals surface area contributed by atoms with Gasteiger partial charge in [0.05, 0.1) is 5.56 Å². The fourth-order valence-corrected chi connectivity index (χ4v) is 2.95. The van der Waals surface area contributed by atoms with Gasteiger partial charge in [-0.2, -0.15) is 0 Å². The molecule has 1 saturated carbocycles. The maximum Gasteiger partial charge on any atom is 0.253 e. The van der Waals surface area contributed by atoms with Crippen LogP contribution in [0.3, 0.4) is 0 Å². The molecule has 1 atom stereocenters. The molecule has 1 aromatic rings. The molecule has 1 aromatic carbocycles. The van der Waals surface area contributed by atoms with Crippen molar-refractivity contribution in [2.75, 3.05) is 12.4 Å². The molecule has 4 heteroatoms. The summed E-state index contributed by atoms with van der Waals surface area (Å²) in [6.45, 7) is 2.09. The molecule has 19 heavy (non-hydrogen) atoms. The van der Waals surface area contributed by atoms with Gasteiger partial charge >= 0.3 is 0 Å². The first kappa shape index (κ1) is 14.2. The van der Waals surface area contributed by atoms with Crippen LogP contribution in [0.4, 0.5) is 5.69 Å². The summed E-state index contributed by atoms with van der Waals surface area (Å²) in [7, 11) is 1.81. The van der Waals surface area contributed by atoms with E-state index in [9.17, 15) is 4.79 Å². The number of nitrogens with one attached hydrogen (secondary N) is 2. The summed E-state index contributed by atoms with van der Waals surface area (Å²) in [6.07, 6.45) is 5.00. The Hall–Kier alpha value is -1.22. The van der Waals surface area contributed by atoms with Crippen molar-refractivity contribution in [3.8, 4) is 0 Å². The van der Waals surface area contributed by atoms with Gasteiger partial charge < -0.3 is 10.6 Å². The zero-order chi connectivity index (χ0) is 13.8. The minimum atomic E-state index is -0.0498. The van der Waals surface area contributed by atoms with Crippen LogP contribution in [-0.4, -0.2) is 19.0 Å². The lowest BCUT2D eigenvalue weighted by molar-refractivity contribution is 0.0928. The highest BCUT2D eigenvalue weighted by molar-refractivity contribution is 6.31. The van der Waals surface area contributed by atoms with Crippen molar-refractivity contribution in [3.63, 3.8) is 0 Å². The van der Waals surface area contributed by atoms with Crippen LogP contribution >= 0.6 is 11.6 Å². The van der Waals surface area contributed by atoms with E-state index in [1.165, 1.54) is 25.7 Å². The number of halogens is 1. The maximum absolute atomic E-state index is 12.3. The Kier molecular flexibility index (Phi) is 4.70. The number of benzene rings is 1. The summed E-state index contributed by atoms with van der Waals surface area (Å²) in [6, 6.07) is 5.55. The highest BCUT2D eigenvalue weighted by atomic mass is 35.5. The van der Waals surface area contributed by atoms with Crippen molar-refractivity contribution < 1.29 is 4.79 Å². The van der Waals surface area contributed by atoms with Gasteiger partial charge in [0.2, 0.25) is 0 Å². The predicted octanol–water partition coefficient (Wildman–Crippen LogP) is 3.69. The van der Waals surface area contributed by atoms with Crippen LogP contribution in [0.2, 0.25) is 5.02 Å². The standard InChI is InChI=1S/C15H21ClN2O/c1-10(11-5-3-4-6-11)18-15(19)13-9-12(16)7-8-14(13)17-2/h7-11,17H,3-6H2,1-2H3,(H,18,19). The van der Waals surface area contributed by atoms with Gasteiger partial charge in [-0.15, -0.1) is 0 Å². The molecular formula is C15H21ClN2O. The Bertz CT molecular complexity index is 455. The lowest BCUT2D eigenvalue weighted by Crippen LogP contribution is -2.37. The first-order valence-electron chi connectivity index (χ1n) is 6.90. The van der Waals surface area contributed by atoms with Crippen molar-refractivity contribution in [2.24, 2.45) is 5.92 Å². The zero-order valence-electron chi connectivity index (χ0n) is 11.5. The normalized spacial score (nSPS) is 17.2. The predicted molar refractivity (Wildman–Crippen MR) is 79.9 cm³/mol. The minimum Gasteiger partial charge on any atom is -0.387 e. The molecule has 1 aliphatic carbocycles. The smallest absolute Gasteiger partial charge is 0.253 e. The van der Waals surface area contributed by atoms with E-state index in [4.69, 9.17) is 11.6 Å². The van der Waals surface area contributed by atoms with Crippen LogP contribution in [0.5, 0.6) is 0 Å². The zero-order valence-corrected chi connectivity index (χ0v) is 12.3. The number of anilines is 1. The van der Waals surface area contributed by atoms with Crippen molar-refractivity contribution in [3.05, 3.63) is 28.8 Å². The van der Waals surface area contributed by atoms with Crippen LogP contribution < -0.4 is 10.6 Å². The topological polar surface area (TPSA) is 41.1 Å². The summed E-state index contributed by atoms with van der Waals surface area (Å²) in [4.78, 5) is 12.3. The Morgan fingerprint density at radius 3 is 2.68 bits per heavy atom. The van der Waals surface area contributed by atoms with E-state index in [2.05, 4.69) is 17.6 Å². The Morgan fingerprint density at radius 2 is 2.05 bits per heavy atom. The minimum absolute atomic E-state index is 0.0498. The molecule has 2 rings (SSSR count). The van der Waals surface area contributed by atoms with E-state index in [0.717, 1.165) is 5.69 Å². The third-order valence-electron chi connectivity index (χ3n) is 3.96. The molecule has 0 bridgehead atoms. The largest absolute Gasteiger partial charge is 0.387 e. The molecule has 1 aliphatic rings. The lowest BCUT2D eigenvalue weighted by atomic mass is 9.99. The maximum atomic E-state index is 12.3. The quantitative estimate of drug-likeness (QED) is 0.883. The van der Waals surface area contributed by atoms with Gasteiger partial charge in [-0.1, -0.05) is 24.4 Å². The lowest BCUT2D eigenvalue weighted by Gasteiger charge is -2.21. The average Bonchev–Trinajstić information content (AvgIpc) is 2.92. The molecule has 0 heterocycles. The van der Waals surface area contributed by atoms with Crippen molar-refractivity contribution >= 4 is 23.2 Å². The van der Waals surface area contributed by atoms with Crippen LogP contribution in [-0.2, 0) is 0 Å². The summed E-state index contributed by atoms with van der Waals surface area (Å²) in [5.74, 6) is 0.562. The molecular weight excluding hydrogens is 260 g/mol. The number of hydrogen-bond donors (Lipinski definition) is 2. The first-order chi connectivity index (χ1) is 9.11. The van der Waals surface area contributed by atoms with Gasteiger partial charge in [0.25, 0.3) is 5.91 Å². The molecule has 0 aliphatic heterocycles. The van der Waals surface area contributed by atoms with Crippen LogP contribution in [0.25, 0.3) is 0 Å². The third kappa shape index (κ3) is 3.41. The number of hydrogen-bond acceptors (Lipinski definition) is 2. The van der Waals surface area contributed by atoms with E-state index in [0.29, 0.717) is 16.5 Å². The fraction of sp³-hybridized carbons (Fsp3) is 0.533. The number of carbonyl (C=O) groups excluding carboxylic acids is 1. The Morgan fingerprint density at radius 1 is 1.37 bits per heavy atom. The highest BCUT2D eigenvalue weighted by Gasteiger charge is 2.23. The second-order valence-corrected chi connectivity index (χ2v) is 5.68. The second kappa shape index (κ2) is 6.29. The van der Waals surface area contributed by atoms with E-state index >= 15 is 0 Å². The SMILES string of the molecule is CNc1ccc(Cl)cc1C(=O)NC(C)C1CCCC1. The number of rotatable bonds is 4. The van der Waals surface area contributed by atoms with E-state index in [1.54, 1.807) is 19.2 Å². The second-order valence-electron chi connectivity index (χ2n) is 5.25. The summed E-state index contributed by atoms with van der Waals surface area (Å²) >= 11 is 5.97. The van der Waals surface area contributed by atoms with Gasteiger partial charge in [-0.25, -0.2) is 0 Å². The summed E-state index contributed by atoms with van der Waals surface area (Å²) in [5.41, 5.74) is 1.42. The first-order valence-corrected chi connectivity index (χ1v) is 7.27. The molecule has 0 spiro atoms. The van der Waals surface area contributed by atoms with Crippen LogP contribution in [0.15, 0.2) is 18.2 Å². The van der Waals surface area contributed by atoms with Crippen molar-refractivity contribution in [2.45, 2.75) is 38.6 Å². The molecule has 0 radical (unpaired) electrons. The van der Waals surface area contributed by atoms with E-state index in [1.807, 2.05) is 6.07 Å². The molecule has 2 N–H and O–H groups in total. The van der Waals surface area contributed by atoms with Gasteiger partial charge in [0.15, 0.2) is 0 Å². The molecule has 1 unspecified atom stereocenters. The average molecular weight is 281 g/mol.